The van der Waals surface area contributed by atoms with E-state index in [1.165, 1.54) is 0 Å². The molecule has 2 aromatic rings. The van der Waals surface area contributed by atoms with Crippen LogP contribution in [0.1, 0.15) is 41.4 Å². The van der Waals surface area contributed by atoms with Gasteiger partial charge in [0.05, 0.1) is 12.1 Å². The van der Waals surface area contributed by atoms with E-state index in [-0.39, 0.29) is 23.6 Å². The average Bonchev–Trinajstić information content (AvgIpc) is 3.36. The first-order chi connectivity index (χ1) is 14.9. The minimum absolute atomic E-state index is 0.0292. The molecule has 2 atom stereocenters. The number of aryl methyl sites for hydroxylation is 1. The number of aromatic nitrogens is 1. The van der Waals surface area contributed by atoms with Gasteiger partial charge in [0.15, 0.2) is 0 Å². The van der Waals surface area contributed by atoms with E-state index in [0.717, 1.165) is 48.5 Å². The summed E-state index contributed by atoms with van der Waals surface area (Å²) in [4.78, 5) is 14.8. The Kier molecular flexibility index (Phi) is 7.67. The van der Waals surface area contributed by atoms with E-state index in [0.29, 0.717) is 6.54 Å². The second-order valence-electron chi connectivity index (χ2n) is 8.34. The van der Waals surface area contributed by atoms with E-state index in [2.05, 4.69) is 20.9 Å². The Hall–Kier alpha value is -2.88. The van der Waals surface area contributed by atoms with Crippen molar-refractivity contribution < 1.29 is 9.53 Å². The summed E-state index contributed by atoms with van der Waals surface area (Å²) >= 11 is 0. The zero-order chi connectivity index (χ0) is 22.4. The summed E-state index contributed by atoms with van der Waals surface area (Å²) in [6.45, 7) is 6.13. The number of benzene rings is 1. The van der Waals surface area contributed by atoms with Crippen molar-refractivity contribution in [2.24, 2.45) is 0 Å². The predicted molar refractivity (Wildman–Crippen MR) is 122 cm³/mol. The SMILES string of the molecule is Cc1cc(/C=C(\C#N)C(=O)NCC(c2ccccc2)N(C)C)c(C)n1CC1CCCO1. The highest BCUT2D eigenvalue weighted by Gasteiger charge is 2.20. The Morgan fingerprint density at radius 3 is 2.71 bits per heavy atom. The molecule has 2 unspecified atom stereocenters. The maximum absolute atomic E-state index is 12.8. The van der Waals surface area contributed by atoms with Crippen LogP contribution in [-0.4, -0.2) is 48.7 Å². The first-order valence-corrected chi connectivity index (χ1v) is 10.8. The molecule has 31 heavy (non-hydrogen) atoms. The van der Waals surface area contributed by atoms with Crippen LogP contribution in [-0.2, 0) is 16.1 Å². The molecule has 0 aliphatic carbocycles. The molecule has 6 heteroatoms. The number of nitrogens with zero attached hydrogens (tertiary/aromatic N) is 3. The molecule has 1 aliphatic heterocycles. The number of carbonyl (C=O) groups excluding carboxylic acids is 1. The van der Waals surface area contributed by atoms with E-state index in [9.17, 15) is 10.1 Å². The summed E-state index contributed by atoms with van der Waals surface area (Å²) in [6.07, 6.45) is 4.10. The molecule has 1 N–H and O–H groups in total. The molecule has 1 aromatic carbocycles. The molecular weight excluding hydrogens is 388 g/mol. The van der Waals surface area contributed by atoms with Gasteiger partial charge in [-0.3, -0.25) is 4.79 Å². The quantitative estimate of drug-likeness (QED) is 0.523. The van der Waals surface area contributed by atoms with Crippen molar-refractivity contribution in [2.45, 2.75) is 45.4 Å². The second-order valence-corrected chi connectivity index (χ2v) is 8.34. The lowest BCUT2D eigenvalue weighted by atomic mass is 10.1. The maximum atomic E-state index is 12.8. The molecule has 1 amide bonds. The molecule has 0 radical (unpaired) electrons. The first kappa shape index (κ1) is 22.8. The highest BCUT2D eigenvalue weighted by atomic mass is 16.5. The van der Waals surface area contributed by atoms with Gasteiger partial charge >= 0.3 is 0 Å². The fourth-order valence-corrected chi connectivity index (χ4v) is 4.11. The van der Waals surface area contributed by atoms with Gasteiger partial charge in [0.1, 0.15) is 11.6 Å². The lowest BCUT2D eigenvalue weighted by Crippen LogP contribution is -2.35. The summed E-state index contributed by atoms with van der Waals surface area (Å²) in [5, 5.41) is 12.6. The van der Waals surface area contributed by atoms with Gasteiger partial charge in [-0.2, -0.15) is 5.26 Å². The number of nitrogens with one attached hydrogen (secondary N) is 1. The summed E-state index contributed by atoms with van der Waals surface area (Å²) in [7, 11) is 3.96. The molecule has 6 nitrogen and oxygen atoms in total. The second kappa shape index (κ2) is 10.4. The van der Waals surface area contributed by atoms with Crippen LogP contribution in [0.4, 0.5) is 0 Å². The largest absolute Gasteiger partial charge is 0.376 e. The molecule has 1 fully saturated rings. The Bertz CT molecular complexity index is 963. The number of nitriles is 1. The van der Waals surface area contributed by atoms with Crippen molar-refractivity contribution in [3.8, 4) is 6.07 Å². The molecule has 2 heterocycles. The molecule has 0 saturated carbocycles. The Labute approximate surface area is 185 Å². The molecular formula is C25H32N4O2. The minimum atomic E-state index is -0.353. The average molecular weight is 421 g/mol. The van der Waals surface area contributed by atoms with Gasteiger partial charge in [-0.15, -0.1) is 0 Å². The number of rotatable bonds is 8. The number of hydrogen-bond acceptors (Lipinski definition) is 4. The van der Waals surface area contributed by atoms with Crippen LogP contribution in [0.25, 0.3) is 6.08 Å². The van der Waals surface area contributed by atoms with Crippen molar-refractivity contribution in [2.75, 3.05) is 27.2 Å². The molecule has 0 spiro atoms. The highest BCUT2D eigenvalue weighted by molar-refractivity contribution is 6.01. The minimum Gasteiger partial charge on any atom is -0.376 e. The first-order valence-electron chi connectivity index (χ1n) is 10.8. The van der Waals surface area contributed by atoms with Crippen LogP contribution in [0.3, 0.4) is 0 Å². The van der Waals surface area contributed by atoms with Gasteiger partial charge in [-0.1, -0.05) is 30.3 Å². The normalized spacial score (nSPS) is 17.5. The smallest absolute Gasteiger partial charge is 0.262 e. The van der Waals surface area contributed by atoms with E-state index in [4.69, 9.17) is 4.74 Å². The van der Waals surface area contributed by atoms with Crippen LogP contribution in [0.5, 0.6) is 0 Å². The van der Waals surface area contributed by atoms with Gasteiger partial charge in [0.2, 0.25) is 0 Å². The third kappa shape index (κ3) is 5.63. The van der Waals surface area contributed by atoms with Crippen LogP contribution >= 0.6 is 0 Å². The van der Waals surface area contributed by atoms with Crippen LogP contribution in [0.2, 0.25) is 0 Å². The number of amides is 1. The van der Waals surface area contributed by atoms with Gasteiger partial charge in [-0.25, -0.2) is 0 Å². The van der Waals surface area contributed by atoms with Crippen LogP contribution < -0.4 is 5.32 Å². The predicted octanol–water partition coefficient (Wildman–Crippen LogP) is 3.61. The van der Waals surface area contributed by atoms with E-state index >= 15 is 0 Å². The third-order valence-corrected chi connectivity index (χ3v) is 5.95. The summed E-state index contributed by atoms with van der Waals surface area (Å²) in [5.74, 6) is -0.353. The van der Waals surface area contributed by atoms with Crippen molar-refractivity contribution in [3.63, 3.8) is 0 Å². The highest BCUT2D eigenvalue weighted by Crippen LogP contribution is 2.22. The van der Waals surface area contributed by atoms with Crippen LogP contribution in [0.15, 0.2) is 42.0 Å². The fraction of sp³-hybridized carbons (Fsp3) is 0.440. The Balaban J connectivity index is 1.72. The standard InChI is InChI=1S/C25H32N4O2/c1-18-13-21(19(2)29(18)17-23-11-8-12-31-23)14-22(15-26)25(30)27-16-24(28(3)4)20-9-6-5-7-10-20/h5-7,9-10,13-14,23-24H,8,11-12,16-17H2,1-4H3,(H,27,30)/b22-14+. The van der Waals surface area contributed by atoms with E-state index in [1.807, 2.05) is 64.3 Å². The zero-order valence-electron chi connectivity index (χ0n) is 18.9. The van der Waals surface area contributed by atoms with Gasteiger partial charge in [0.25, 0.3) is 5.91 Å². The zero-order valence-corrected chi connectivity index (χ0v) is 18.9. The van der Waals surface area contributed by atoms with E-state index < -0.39 is 0 Å². The van der Waals surface area contributed by atoms with Gasteiger partial charge in [0, 0.05) is 31.1 Å². The topological polar surface area (TPSA) is 70.3 Å². The van der Waals surface area contributed by atoms with Crippen molar-refractivity contribution in [1.29, 1.82) is 5.26 Å². The fourth-order valence-electron chi connectivity index (χ4n) is 4.11. The number of ether oxygens (including phenoxy) is 1. The molecule has 1 aliphatic rings. The number of hydrogen-bond donors (Lipinski definition) is 1. The Morgan fingerprint density at radius 1 is 1.35 bits per heavy atom. The summed E-state index contributed by atoms with van der Waals surface area (Å²) in [6, 6.07) is 14.2. The molecule has 3 rings (SSSR count). The Morgan fingerprint density at radius 2 is 2.10 bits per heavy atom. The molecule has 1 saturated heterocycles. The van der Waals surface area contributed by atoms with E-state index in [1.54, 1.807) is 6.08 Å². The molecule has 164 valence electrons. The summed E-state index contributed by atoms with van der Waals surface area (Å²) in [5.41, 5.74) is 4.28. The maximum Gasteiger partial charge on any atom is 0.262 e. The van der Waals surface area contributed by atoms with Crippen molar-refractivity contribution >= 4 is 12.0 Å². The third-order valence-electron chi connectivity index (χ3n) is 5.95. The lowest BCUT2D eigenvalue weighted by molar-refractivity contribution is -0.117. The number of likely N-dealkylation sites (N-methyl/N-ethyl adjacent to an activating group) is 1. The van der Waals surface area contributed by atoms with Crippen molar-refractivity contribution in [1.82, 2.24) is 14.8 Å². The lowest BCUT2D eigenvalue weighted by Gasteiger charge is -2.25. The van der Waals surface area contributed by atoms with Crippen LogP contribution in [0, 0.1) is 25.2 Å². The van der Waals surface area contributed by atoms with Crippen molar-refractivity contribution in [3.05, 3.63) is 64.5 Å². The molecule has 1 aromatic heterocycles. The van der Waals surface area contributed by atoms with Gasteiger partial charge in [-0.05, 0) is 64.1 Å². The molecule has 0 bridgehead atoms. The number of carbonyl (C=O) groups is 1. The monoisotopic (exact) mass is 420 g/mol. The summed E-state index contributed by atoms with van der Waals surface area (Å²) < 4.78 is 7.98. The van der Waals surface area contributed by atoms with Gasteiger partial charge < -0.3 is 19.5 Å².